The van der Waals surface area contributed by atoms with Crippen molar-refractivity contribution >= 4 is 77.6 Å². The molecule has 3 aromatic carbocycles. The Kier molecular flexibility index (Phi) is 18.0. The zero-order chi connectivity index (χ0) is 74.3. The Balaban J connectivity index is 0.000000116. The molecule has 0 radical (unpaired) electrons. The number of fused-ring (bicyclic) bond motifs is 6. The summed E-state index contributed by atoms with van der Waals surface area (Å²) in [6.45, 7) is 6.82. The Morgan fingerprint density at radius 2 is 0.809 bits per heavy atom. The Labute approximate surface area is 625 Å². The van der Waals surface area contributed by atoms with Crippen molar-refractivity contribution in [2.45, 2.75) is 45.6 Å². The van der Waals surface area contributed by atoms with Crippen LogP contribution in [0.5, 0.6) is 0 Å². The quantitative estimate of drug-likeness (QED) is 0.0625. The predicted molar refractivity (Wildman–Crippen MR) is 420 cm³/mol. The minimum atomic E-state index is -0.308. The first kappa shape index (κ1) is 68.0. The van der Waals surface area contributed by atoms with Crippen molar-refractivity contribution in [2.75, 3.05) is 50.1 Å². The lowest BCUT2D eigenvalue weighted by Gasteiger charge is -2.32. The molecule has 27 heteroatoms. The second kappa shape index (κ2) is 29.2. The molecule has 542 valence electrons. The first-order chi connectivity index (χ1) is 53.9. The summed E-state index contributed by atoms with van der Waals surface area (Å²) in [6.07, 6.45) is 32.2. The number of hydrogen-bond acceptors (Lipinski definition) is 18. The van der Waals surface area contributed by atoms with E-state index in [9.17, 15) is 13.2 Å². The third-order valence-electron chi connectivity index (χ3n) is 20.1. The number of imidazole rings is 3. The van der Waals surface area contributed by atoms with Gasteiger partial charge in [0.1, 0.15) is 34.5 Å². The van der Waals surface area contributed by atoms with Crippen LogP contribution in [0.4, 0.5) is 24.5 Å². The molecule has 0 amide bonds. The van der Waals surface area contributed by atoms with Crippen LogP contribution in [-0.2, 0) is 6.54 Å². The highest BCUT2D eigenvalue weighted by molar-refractivity contribution is 6.00. The van der Waals surface area contributed by atoms with Gasteiger partial charge in [-0.25, -0.2) is 43.1 Å². The number of anilines is 2. The van der Waals surface area contributed by atoms with Crippen molar-refractivity contribution in [3.8, 4) is 101 Å². The van der Waals surface area contributed by atoms with Crippen molar-refractivity contribution in [3.05, 3.63) is 225 Å². The van der Waals surface area contributed by atoms with Crippen molar-refractivity contribution in [1.29, 1.82) is 0 Å². The average molecular weight is 1460 g/mol. The standard InChI is InChI=1S/C29H25FN8.C28H23FN8.C26H21FN8/c1-17-4-7-38(8-5-17)22-10-19(9-21(30)12-22)24-15-32-16-25-26(24)35-29(34-25)27-23-11-20(14-33-28(23)37-36-27)18-3-2-6-31-13-18;29-20-9-18(10-21(12-20)37-7-2-1-3-8-37)23-15-31-16-24-25(23)34-28(33-24)26-22-11-19(14-32-27(22)36-35-26)17-5-4-6-30-13-17;1-35(2)14-15-6-17(10-28-9-15)18-8-20-24(33-34-25(20)30-11-18)26-31-22-13-29-12-21(23(22)32-26)16-4-3-5-19(27)7-16/h2-3,6,9-17H,4-5,7-8H2,1H3,(H,34,35)(H,33,36,37);4-6,9-16H,1-3,7-8H2,(H,33,34)(H,32,35,36);3-13H,14H2,1-2H3,(H,31,32)(H,30,33,34). The number of nitrogens with one attached hydrogen (secondary N) is 6. The van der Waals surface area contributed by atoms with Crippen molar-refractivity contribution in [1.82, 2.24) is 110 Å². The first-order valence-electron chi connectivity index (χ1n) is 36.2. The van der Waals surface area contributed by atoms with E-state index in [0.717, 1.165) is 192 Å². The molecule has 24 nitrogen and oxygen atoms in total. The SMILES string of the molecule is CC1CCN(c2cc(F)cc(-c3cncc4[nH]c(-c5[nH]nc6ncc(-c7cccnc7)cc56)nc34)c2)CC1.CN(C)Cc1cncc(-c2cnc3n[nH]c(-c4nc5c(-c6cccc(F)c6)cncc5[nH]4)c3c2)c1.Fc1cc(-c2cncc3[nH]c(-c4[nH]nc5ncc(-c6cccnc6)cc45)nc23)cc(N2CCCCC2)c1. The van der Waals surface area contributed by atoms with E-state index in [1.807, 2.05) is 87.2 Å². The fourth-order valence-electron chi connectivity index (χ4n) is 14.6. The average Bonchev–Trinajstić information content (AvgIpc) is 1.60. The fraction of sp³-hybridized carbons (Fsp3) is 0.169. The van der Waals surface area contributed by atoms with Gasteiger partial charge in [-0.2, -0.15) is 15.3 Å². The molecule has 0 spiro atoms. The molecule has 0 bridgehead atoms. The molecule has 110 heavy (non-hydrogen) atoms. The van der Waals surface area contributed by atoms with Crippen LogP contribution in [0.3, 0.4) is 0 Å². The molecule has 0 unspecified atom stereocenters. The number of pyridine rings is 9. The minimum absolute atomic E-state index is 0.264. The number of nitrogens with zero attached hydrogens (tertiary/aromatic N) is 18. The van der Waals surface area contributed by atoms with E-state index in [2.05, 4.69) is 118 Å². The van der Waals surface area contributed by atoms with Crippen molar-refractivity contribution in [3.63, 3.8) is 0 Å². The fourth-order valence-corrected chi connectivity index (χ4v) is 14.6. The number of aromatic amines is 6. The van der Waals surface area contributed by atoms with E-state index in [1.165, 1.54) is 18.6 Å². The smallest absolute Gasteiger partial charge is 0.181 e. The van der Waals surface area contributed by atoms with Crippen LogP contribution in [0, 0.1) is 23.4 Å². The first-order valence-corrected chi connectivity index (χ1v) is 36.2. The highest BCUT2D eigenvalue weighted by Gasteiger charge is 2.24. The lowest BCUT2D eigenvalue weighted by Crippen LogP contribution is -2.32. The van der Waals surface area contributed by atoms with Gasteiger partial charge in [-0.3, -0.25) is 45.2 Å². The van der Waals surface area contributed by atoms with Crippen molar-refractivity contribution < 1.29 is 13.2 Å². The summed E-state index contributed by atoms with van der Waals surface area (Å²) in [5.41, 5.74) is 21.5. The summed E-state index contributed by atoms with van der Waals surface area (Å²) in [5, 5.41) is 24.9. The van der Waals surface area contributed by atoms with Gasteiger partial charge in [0, 0.05) is 169 Å². The highest BCUT2D eigenvalue weighted by Crippen LogP contribution is 2.39. The van der Waals surface area contributed by atoms with Gasteiger partial charge in [0.2, 0.25) is 0 Å². The predicted octanol–water partition coefficient (Wildman–Crippen LogP) is 16.6. The van der Waals surface area contributed by atoms with Crippen LogP contribution in [-0.4, -0.2) is 151 Å². The van der Waals surface area contributed by atoms with Crippen LogP contribution in [0.2, 0.25) is 0 Å². The summed E-state index contributed by atoms with van der Waals surface area (Å²) >= 11 is 0. The maximum Gasteiger partial charge on any atom is 0.181 e. The Hall–Kier alpha value is -13.8. The Bertz CT molecular complexity index is 6410. The molecule has 0 atom stereocenters. The normalized spacial score (nSPS) is 13.4. The van der Waals surface area contributed by atoms with Crippen LogP contribution in [0.1, 0.15) is 44.6 Å². The number of H-pyrrole nitrogens is 6. The van der Waals surface area contributed by atoms with Gasteiger partial charge in [-0.05, 0) is 159 Å². The lowest BCUT2D eigenvalue weighted by atomic mass is 9.98. The number of benzene rings is 3. The number of rotatable bonds is 13. The number of piperidine rings is 2. The second-order valence-electron chi connectivity index (χ2n) is 28.0. The van der Waals surface area contributed by atoms with Gasteiger partial charge < -0.3 is 29.7 Å². The molecule has 2 aliphatic heterocycles. The van der Waals surface area contributed by atoms with Gasteiger partial charge >= 0.3 is 0 Å². The van der Waals surface area contributed by atoms with E-state index in [-0.39, 0.29) is 17.5 Å². The zero-order valence-corrected chi connectivity index (χ0v) is 59.9. The van der Waals surface area contributed by atoms with E-state index in [4.69, 9.17) is 15.0 Å². The molecule has 2 aliphatic rings. The molecule has 2 saturated heterocycles. The van der Waals surface area contributed by atoms with Gasteiger partial charge in [0.25, 0.3) is 0 Å². The molecule has 2 fully saturated rings. The molecule has 6 N–H and O–H groups in total. The van der Waals surface area contributed by atoms with E-state index >= 15 is 0 Å². The van der Waals surface area contributed by atoms with E-state index in [1.54, 1.807) is 111 Å². The maximum absolute atomic E-state index is 14.8. The number of hydrogen-bond donors (Lipinski definition) is 6. The third-order valence-corrected chi connectivity index (χ3v) is 20.1. The summed E-state index contributed by atoms with van der Waals surface area (Å²) in [6, 6.07) is 32.8. The molecule has 15 aromatic heterocycles. The minimum Gasteiger partial charge on any atom is -0.371 e. The van der Waals surface area contributed by atoms with Crippen LogP contribution in [0.25, 0.3) is 168 Å². The van der Waals surface area contributed by atoms with E-state index in [0.29, 0.717) is 57.1 Å². The molecule has 0 saturated carbocycles. The molecule has 17 heterocycles. The third kappa shape index (κ3) is 13.7. The lowest BCUT2D eigenvalue weighted by molar-refractivity contribution is 0.402. The number of aromatic nitrogens is 21. The van der Waals surface area contributed by atoms with E-state index < -0.39 is 0 Å². The topological polar surface area (TPSA) is 298 Å². The molecular weight excluding hydrogens is 1390 g/mol. The summed E-state index contributed by atoms with van der Waals surface area (Å²) < 4.78 is 43.4. The highest BCUT2D eigenvalue weighted by atomic mass is 19.1. The molecule has 20 rings (SSSR count). The molecule has 0 aliphatic carbocycles. The van der Waals surface area contributed by atoms with Crippen LogP contribution in [0.15, 0.2) is 202 Å². The van der Waals surface area contributed by atoms with Crippen LogP contribution < -0.4 is 9.80 Å². The molecule has 18 aromatic rings. The van der Waals surface area contributed by atoms with Gasteiger partial charge in [0.05, 0.1) is 67.8 Å². The van der Waals surface area contributed by atoms with Crippen LogP contribution >= 0.6 is 0 Å². The Morgan fingerprint density at radius 1 is 0.391 bits per heavy atom. The summed E-state index contributed by atoms with van der Waals surface area (Å²) in [5.74, 6) is 1.70. The summed E-state index contributed by atoms with van der Waals surface area (Å²) in [4.78, 5) is 70.9. The van der Waals surface area contributed by atoms with Crippen molar-refractivity contribution in [2.24, 2.45) is 5.92 Å². The van der Waals surface area contributed by atoms with Gasteiger partial charge in [-0.15, -0.1) is 0 Å². The maximum atomic E-state index is 14.8. The summed E-state index contributed by atoms with van der Waals surface area (Å²) in [7, 11) is 4.06. The van der Waals surface area contributed by atoms with Gasteiger partial charge in [-0.1, -0.05) is 31.2 Å². The monoisotopic (exact) mass is 1460 g/mol. The zero-order valence-electron chi connectivity index (χ0n) is 59.9. The number of halogens is 3. The molecular formula is C83H69F3N24. The largest absolute Gasteiger partial charge is 0.371 e. The Morgan fingerprint density at radius 3 is 1.26 bits per heavy atom. The second-order valence-corrected chi connectivity index (χ2v) is 28.0. The van der Waals surface area contributed by atoms with Gasteiger partial charge in [0.15, 0.2) is 34.4 Å².